The molecule has 1 aliphatic heterocycles. The van der Waals surface area contributed by atoms with Crippen LogP contribution in [0.5, 0.6) is 0 Å². The van der Waals surface area contributed by atoms with Crippen molar-refractivity contribution in [2.24, 2.45) is 10.7 Å². The molecule has 1 heterocycles. The number of thioether (sulfide) groups is 1. The Morgan fingerprint density at radius 2 is 1.89 bits per heavy atom. The van der Waals surface area contributed by atoms with Crippen LogP contribution < -0.4 is 5.73 Å². The molecule has 1 saturated heterocycles. The van der Waals surface area contributed by atoms with Crippen LogP contribution in [0.4, 0.5) is 0 Å². The summed E-state index contributed by atoms with van der Waals surface area (Å²) in [6, 6.07) is 0. The van der Waals surface area contributed by atoms with Gasteiger partial charge in [0.2, 0.25) is 0 Å². The average Bonchev–Trinajstić information content (AvgIpc) is 2.45. The van der Waals surface area contributed by atoms with Crippen LogP contribution in [-0.4, -0.2) is 54.7 Å². The summed E-state index contributed by atoms with van der Waals surface area (Å²) < 4.78 is 5.84. The van der Waals surface area contributed by atoms with E-state index in [1.807, 2.05) is 11.8 Å². The first-order valence-corrected chi connectivity index (χ1v) is 8.26. The standard InChI is InChI=1S/C13H25N3OS.HI/c14-13(16-7-10-18-11-8-16)15-6-9-17-12-4-2-1-3-5-12;/h12H,1-11H2,(H2,14,15);1H. The molecule has 0 aromatic rings. The number of hydrogen-bond donors (Lipinski definition) is 1. The first-order chi connectivity index (χ1) is 8.86. The average molecular weight is 399 g/mol. The normalized spacial score (nSPS) is 22.1. The summed E-state index contributed by atoms with van der Waals surface area (Å²) >= 11 is 1.99. The molecule has 0 aromatic carbocycles. The van der Waals surface area contributed by atoms with Gasteiger partial charge in [0.15, 0.2) is 5.96 Å². The Balaban J connectivity index is 0.00000180. The largest absolute Gasteiger partial charge is 0.376 e. The van der Waals surface area contributed by atoms with Gasteiger partial charge in [-0.3, -0.25) is 4.99 Å². The van der Waals surface area contributed by atoms with Crippen LogP contribution in [0.1, 0.15) is 32.1 Å². The molecule has 2 aliphatic rings. The zero-order valence-electron chi connectivity index (χ0n) is 11.6. The molecule has 0 radical (unpaired) electrons. The van der Waals surface area contributed by atoms with Crippen molar-refractivity contribution >= 4 is 41.7 Å². The van der Waals surface area contributed by atoms with Gasteiger partial charge in [-0.15, -0.1) is 24.0 Å². The molecule has 0 aromatic heterocycles. The van der Waals surface area contributed by atoms with Gasteiger partial charge in [-0.05, 0) is 12.8 Å². The summed E-state index contributed by atoms with van der Waals surface area (Å²) in [7, 11) is 0. The Labute approximate surface area is 137 Å². The number of rotatable bonds is 4. The summed E-state index contributed by atoms with van der Waals surface area (Å²) in [6.45, 7) is 3.48. The summed E-state index contributed by atoms with van der Waals surface area (Å²) in [4.78, 5) is 6.60. The maximum Gasteiger partial charge on any atom is 0.191 e. The highest BCUT2D eigenvalue weighted by Gasteiger charge is 2.14. The van der Waals surface area contributed by atoms with E-state index in [0.29, 0.717) is 25.2 Å². The van der Waals surface area contributed by atoms with Gasteiger partial charge in [0, 0.05) is 24.6 Å². The van der Waals surface area contributed by atoms with Crippen LogP contribution in [0.25, 0.3) is 0 Å². The molecule has 0 bridgehead atoms. The number of ether oxygens (including phenoxy) is 1. The molecule has 2 rings (SSSR count). The first kappa shape index (κ1) is 17.4. The molecule has 0 atom stereocenters. The lowest BCUT2D eigenvalue weighted by Crippen LogP contribution is -2.42. The number of nitrogens with two attached hydrogens (primary N) is 1. The second-order valence-corrected chi connectivity index (χ2v) is 6.19. The summed E-state index contributed by atoms with van der Waals surface area (Å²) in [5.41, 5.74) is 5.98. The van der Waals surface area contributed by atoms with E-state index in [9.17, 15) is 0 Å². The Hall–Kier alpha value is 0.310. The van der Waals surface area contributed by atoms with E-state index < -0.39 is 0 Å². The fourth-order valence-corrected chi connectivity index (χ4v) is 3.41. The van der Waals surface area contributed by atoms with E-state index in [1.54, 1.807) is 0 Å². The lowest BCUT2D eigenvalue weighted by Gasteiger charge is -2.27. The third-order valence-corrected chi connectivity index (χ3v) is 4.55. The minimum atomic E-state index is 0. The van der Waals surface area contributed by atoms with Gasteiger partial charge < -0.3 is 15.4 Å². The smallest absolute Gasteiger partial charge is 0.191 e. The number of halogens is 1. The second-order valence-electron chi connectivity index (χ2n) is 4.97. The number of aliphatic imine (C=N–C) groups is 1. The quantitative estimate of drug-likeness (QED) is 0.341. The maximum atomic E-state index is 5.98. The molecule has 2 fully saturated rings. The van der Waals surface area contributed by atoms with Crippen molar-refractivity contribution in [2.45, 2.75) is 38.2 Å². The lowest BCUT2D eigenvalue weighted by atomic mass is 9.98. The van der Waals surface area contributed by atoms with E-state index in [-0.39, 0.29) is 24.0 Å². The number of hydrogen-bond acceptors (Lipinski definition) is 3. The van der Waals surface area contributed by atoms with Crippen molar-refractivity contribution in [1.82, 2.24) is 4.90 Å². The first-order valence-electron chi connectivity index (χ1n) is 7.10. The van der Waals surface area contributed by atoms with Gasteiger partial charge in [0.25, 0.3) is 0 Å². The van der Waals surface area contributed by atoms with Gasteiger partial charge in [-0.1, -0.05) is 19.3 Å². The van der Waals surface area contributed by atoms with Crippen LogP contribution in [0.3, 0.4) is 0 Å². The Morgan fingerprint density at radius 3 is 2.58 bits per heavy atom. The topological polar surface area (TPSA) is 50.9 Å². The minimum Gasteiger partial charge on any atom is -0.376 e. The van der Waals surface area contributed by atoms with Crippen LogP contribution in [0.15, 0.2) is 4.99 Å². The number of guanidine groups is 1. The van der Waals surface area contributed by atoms with Crippen molar-refractivity contribution < 1.29 is 4.74 Å². The van der Waals surface area contributed by atoms with Gasteiger partial charge >= 0.3 is 0 Å². The highest BCUT2D eigenvalue weighted by molar-refractivity contribution is 14.0. The predicted octanol–water partition coefficient (Wildman–Crippen LogP) is 2.32. The molecule has 2 N–H and O–H groups in total. The Bertz CT molecular complexity index is 267. The SMILES string of the molecule is I.NC(=NCCOC1CCCCC1)N1CCSCC1. The number of nitrogens with zero attached hydrogens (tertiary/aromatic N) is 2. The second kappa shape index (κ2) is 10.1. The van der Waals surface area contributed by atoms with Crippen LogP contribution in [-0.2, 0) is 4.74 Å². The zero-order chi connectivity index (χ0) is 12.6. The van der Waals surface area contributed by atoms with Gasteiger partial charge in [-0.2, -0.15) is 11.8 Å². The molecular weight excluding hydrogens is 373 g/mol. The summed E-state index contributed by atoms with van der Waals surface area (Å²) in [5.74, 6) is 3.02. The van der Waals surface area contributed by atoms with Crippen LogP contribution in [0.2, 0.25) is 0 Å². The predicted molar refractivity (Wildman–Crippen MR) is 93.6 cm³/mol. The maximum absolute atomic E-state index is 5.98. The molecule has 6 heteroatoms. The minimum absolute atomic E-state index is 0. The fourth-order valence-electron chi connectivity index (χ4n) is 2.50. The third-order valence-electron chi connectivity index (χ3n) is 3.61. The van der Waals surface area contributed by atoms with Crippen LogP contribution >= 0.6 is 35.7 Å². The van der Waals surface area contributed by atoms with Crippen molar-refractivity contribution in [3.63, 3.8) is 0 Å². The van der Waals surface area contributed by atoms with E-state index >= 15 is 0 Å². The Morgan fingerprint density at radius 1 is 1.21 bits per heavy atom. The summed E-state index contributed by atoms with van der Waals surface area (Å²) in [6.07, 6.45) is 6.94. The molecule has 19 heavy (non-hydrogen) atoms. The van der Waals surface area contributed by atoms with E-state index in [2.05, 4.69) is 9.89 Å². The molecule has 0 spiro atoms. The molecule has 4 nitrogen and oxygen atoms in total. The van der Waals surface area contributed by atoms with Crippen molar-refractivity contribution in [1.29, 1.82) is 0 Å². The monoisotopic (exact) mass is 399 g/mol. The van der Waals surface area contributed by atoms with Gasteiger partial charge in [0.05, 0.1) is 19.3 Å². The molecule has 112 valence electrons. The zero-order valence-corrected chi connectivity index (χ0v) is 14.7. The highest BCUT2D eigenvalue weighted by atomic mass is 127. The molecule has 1 saturated carbocycles. The molecule has 0 unspecified atom stereocenters. The Kier molecular flexibility index (Phi) is 9.23. The third kappa shape index (κ3) is 6.53. The molecule has 1 aliphatic carbocycles. The highest BCUT2D eigenvalue weighted by Crippen LogP contribution is 2.19. The lowest BCUT2D eigenvalue weighted by molar-refractivity contribution is 0.0334. The van der Waals surface area contributed by atoms with Gasteiger partial charge in [-0.25, -0.2) is 0 Å². The van der Waals surface area contributed by atoms with E-state index in [1.165, 1.54) is 32.1 Å². The fraction of sp³-hybridized carbons (Fsp3) is 0.923. The molecular formula is C13H26IN3OS. The van der Waals surface area contributed by atoms with Crippen LogP contribution in [0, 0.1) is 0 Å². The van der Waals surface area contributed by atoms with E-state index in [4.69, 9.17) is 10.5 Å². The molecule has 0 amide bonds. The van der Waals surface area contributed by atoms with Gasteiger partial charge in [0.1, 0.15) is 0 Å². The summed E-state index contributed by atoms with van der Waals surface area (Å²) in [5, 5.41) is 0. The van der Waals surface area contributed by atoms with E-state index in [0.717, 1.165) is 24.6 Å². The van der Waals surface area contributed by atoms with Crippen molar-refractivity contribution in [2.75, 3.05) is 37.7 Å². The van der Waals surface area contributed by atoms with Crippen molar-refractivity contribution in [3.05, 3.63) is 0 Å². The van der Waals surface area contributed by atoms with Crippen molar-refractivity contribution in [3.8, 4) is 0 Å².